The number of H-pyrrole nitrogens is 1. The molecule has 0 atom stereocenters. The first-order valence-corrected chi connectivity index (χ1v) is 9.18. The van der Waals surface area contributed by atoms with Crippen molar-refractivity contribution in [2.24, 2.45) is 0 Å². The van der Waals surface area contributed by atoms with E-state index in [1.165, 1.54) is 16.9 Å². The third-order valence-corrected chi connectivity index (χ3v) is 4.82. The molecule has 0 unspecified atom stereocenters. The molecule has 7 nitrogen and oxygen atoms in total. The van der Waals surface area contributed by atoms with Crippen LogP contribution in [0.4, 0.5) is 11.4 Å². The number of amides is 1. The van der Waals surface area contributed by atoms with E-state index in [-0.39, 0.29) is 5.91 Å². The van der Waals surface area contributed by atoms with Gasteiger partial charge in [-0.2, -0.15) is 0 Å². The summed E-state index contributed by atoms with van der Waals surface area (Å²) in [6, 6.07) is 19.4. The average molecular weight is 376 g/mol. The Morgan fingerprint density at radius 2 is 1.96 bits per heavy atom. The largest absolute Gasteiger partial charge is 0.381 e. The molecule has 27 heavy (non-hydrogen) atoms. The van der Waals surface area contributed by atoms with E-state index in [1.54, 1.807) is 6.07 Å². The van der Waals surface area contributed by atoms with Crippen molar-refractivity contribution in [2.75, 3.05) is 10.6 Å². The first-order chi connectivity index (χ1) is 13.3. The molecule has 8 heteroatoms. The minimum atomic E-state index is -0.168. The zero-order chi connectivity index (χ0) is 18.5. The highest BCUT2D eigenvalue weighted by Gasteiger charge is 2.14. The van der Waals surface area contributed by atoms with Crippen LogP contribution in [0.3, 0.4) is 0 Å². The molecule has 0 aliphatic heterocycles. The third kappa shape index (κ3) is 4.01. The Kier molecular flexibility index (Phi) is 4.88. The lowest BCUT2D eigenvalue weighted by atomic mass is 10.1. The summed E-state index contributed by atoms with van der Waals surface area (Å²) in [5.74, 6) is 0.324. The Labute approximate surface area is 159 Å². The van der Waals surface area contributed by atoms with E-state index in [0.29, 0.717) is 22.9 Å². The van der Waals surface area contributed by atoms with Gasteiger partial charge in [0.25, 0.3) is 5.91 Å². The topological polar surface area (TPSA) is 95.6 Å². The minimum absolute atomic E-state index is 0.168. The molecular formula is C19H16N6OS. The molecule has 2 aromatic heterocycles. The fraction of sp³-hybridized carbons (Fsp3) is 0.0526. The van der Waals surface area contributed by atoms with Gasteiger partial charge in [-0.05, 0) is 45.6 Å². The number of benzene rings is 2. The highest BCUT2D eigenvalue weighted by molar-refractivity contribution is 7.12. The average Bonchev–Trinajstić information content (AvgIpc) is 3.41. The van der Waals surface area contributed by atoms with Gasteiger partial charge in [-0.1, -0.05) is 36.4 Å². The molecule has 2 aromatic carbocycles. The van der Waals surface area contributed by atoms with Crippen LogP contribution in [0.1, 0.15) is 15.2 Å². The van der Waals surface area contributed by atoms with Gasteiger partial charge in [0.05, 0.1) is 10.6 Å². The summed E-state index contributed by atoms with van der Waals surface area (Å²) >= 11 is 1.39. The van der Waals surface area contributed by atoms with Gasteiger partial charge in [-0.3, -0.25) is 4.79 Å². The summed E-state index contributed by atoms with van der Waals surface area (Å²) < 4.78 is 0. The van der Waals surface area contributed by atoms with E-state index < -0.39 is 0 Å². The lowest BCUT2D eigenvalue weighted by Gasteiger charge is -2.12. The molecule has 0 saturated carbocycles. The summed E-state index contributed by atoms with van der Waals surface area (Å²) in [7, 11) is 0. The molecule has 1 amide bonds. The summed E-state index contributed by atoms with van der Waals surface area (Å²) in [5.41, 5.74) is 3.40. The quantitative estimate of drug-likeness (QED) is 0.476. The van der Waals surface area contributed by atoms with Crippen molar-refractivity contribution in [1.29, 1.82) is 0 Å². The maximum absolute atomic E-state index is 12.5. The van der Waals surface area contributed by atoms with Crippen molar-refractivity contribution in [3.63, 3.8) is 0 Å². The van der Waals surface area contributed by atoms with Gasteiger partial charge < -0.3 is 10.6 Å². The summed E-state index contributed by atoms with van der Waals surface area (Å²) in [4.78, 5) is 13.1. The molecule has 2 heterocycles. The van der Waals surface area contributed by atoms with Gasteiger partial charge in [0.1, 0.15) is 0 Å². The van der Waals surface area contributed by atoms with Crippen molar-refractivity contribution in [3.8, 4) is 11.4 Å². The summed E-state index contributed by atoms with van der Waals surface area (Å²) in [6.45, 7) is 0.683. The van der Waals surface area contributed by atoms with Crippen molar-refractivity contribution in [3.05, 3.63) is 76.5 Å². The van der Waals surface area contributed by atoms with Gasteiger partial charge in [-0.25, -0.2) is 5.10 Å². The second-order valence-corrected chi connectivity index (χ2v) is 6.73. The highest BCUT2D eigenvalue weighted by Crippen LogP contribution is 2.29. The molecule has 0 aliphatic carbocycles. The monoisotopic (exact) mass is 376 g/mol. The number of thiophene rings is 1. The van der Waals surface area contributed by atoms with Gasteiger partial charge in [0.2, 0.25) is 0 Å². The fourth-order valence-electron chi connectivity index (χ4n) is 2.63. The van der Waals surface area contributed by atoms with Crippen LogP contribution in [0.25, 0.3) is 11.4 Å². The number of hydrogen-bond acceptors (Lipinski definition) is 6. The van der Waals surface area contributed by atoms with Crippen molar-refractivity contribution in [1.82, 2.24) is 20.6 Å². The van der Waals surface area contributed by atoms with Gasteiger partial charge in [0, 0.05) is 17.8 Å². The Morgan fingerprint density at radius 1 is 1.07 bits per heavy atom. The maximum atomic E-state index is 12.5. The molecule has 4 rings (SSSR count). The van der Waals surface area contributed by atoms with Gasteiger partial charge in [0.15, 0.2) is 5.82 Å². The van der Waals surface area contributed by atoms with E-state index in [4.69, 9.17) is 0 Å². The molecule has 0 bridgehead atoms. The molecule has 0 fully saturated rings. The number of tetrazole rings is 1. The van der Waals surface area contributed by atoms with Crippen LogP contribution < -0.4 is 10.6 Å². The van der Waals surface area contributed by atoms with Crippen LogP contribution in [0.2, 0.25) is 0 Å². The van der Waals surface area contributed by atoms with Crippen molar-refractivity contribution >= 4 is 28.6 Å². The number of nitrogens with zero attached hydrogens (tertiary/aromatic N) is 3. The fourth-order valence-corrected chi connectivity index (χ4v) is 3.25. The minimum Gasteiger partial charge on any atom is -0.381 e. The summed E-state index contributed by atoms with van der Waals surface area (Å²) in [5, 5.41) is 22.1. The van der Waals surface area contributed by atoms with Crippen LogP contribution in [0, 0.1) is 0 Å². The number of aromatic amines is 1. The number of anilines is 2. The smallest absolute Gasteiger partial charge is 0.265 e. The standard InChI is InChI=1S/C19H16N6OS/c26-19(17-7-4-10-27-17)21-16-11-14(20-12-13-5-2-1-3-6-13)8-9-15(16)18-22-24-25-23-18/h1-11,20H,12H2,(H,21,26)(H,22,23,24,25). The zero-order valence-electron chi connectivity index (χ0n) is 14.2. The Balaban J connectivity index is 1.60. The molecule has 0 spiro atoms. The first-order valence-electron chi connectivity index (χ1n) is 8.30. The van der Waals surface area contributed by atoms with Crippen LogP contribution >= 0.6 is 11.3 Å². The van der Waals surface area contributed by atoms with E-state index in [0.717, 1.165) is 11.3 Å². The number of carbonyl (C=O) groups excluding carboxylic acids is 1. The third-order valence-electron chi connectivity index (χ3n) is 3.95. The number of carbonyl (C=O) groups is 1. The second kappa shape index (κ2) is 7.79. The lowest BCUT2D eigenvalue weighted by Crippen LogP contribution is -2.11. The van der Waals surface area contributed by atoms with Crippen LogP contribution in [0.5, 0.6) is 0 Å². The Hall–Kier alpha value is -3.52. The summed E-state index contributed by atoms with van der Waals surface area (Å²) in [6.07, 6.45) is 0. The lowest BCUT2D eigenvalue weighted by molar-refractivity contribution is 0.103. The number of rotatable bonds is 6. The van der Waals surface area contributed by atoms with E-state index in [1.807, 2.05) is 47.8 Å². The molecular weight excluding hydrogens is 360 g/mol. The van der Waals surface area contributed by atoms with Gasteiger partial charge >= 0.3 is 0 Å². The maximum Gasteiger partial charge on any atom is 0.265 e. The van der Waals surface area contributed by atoms with Crippen LogP contribution in [0.15, 0.2) is 66.0 Å². The van der Waals surface area contributed by atoms with E-state index >= 15 is 0 Å². The predicted molar refractivity (Wildman–Crippen MR) is 106 cm³/mol. The molecule has 134 valence electrons. The zero-order valence-corrected chi connectivity index (χ0v) is 15.0. The molecule has 0 aliphatic rings. The van der Waals surface area contributed by atoms with Crippen molar-refractivity contribution < 1.29 is 4.79 Å². The molecule has 0 saturated heterocycles. The molecule has 4 aromatic rings. The molecule has 3 N–H and O–H groups in total. The number of hydrogen-bond donors (Lipinski definition) is 3. The SMILES string of the molecule is O=C(Nc1cc(NCc2ccccc2)ccc1-c1nnn[nH]1)c1cccs1. The Morgan fingerprint density at radius 3 is 2.70 bits per heavy atom. The number of nitrogens with one attached hydrogen (secondary N) is 3. The second-order valence-electron chi connectivity index (χ2n) is 5.78. The Bertz CT molecular complexity index is 1020. The predicted octanol–water partition coefficient (Wildman–Crippen LogP) is 3.79. The molecule has 0 radical (unpaired) electrons. The van der Waals surface area contributed by atoms with Crippen LogP contribution in [-0.2, 0) is 6.54 Å². The van der Waals surface area contributed by atoms with Crippen LogP contribution in [-0.4, -0.2) is 26.5 Å². The first kappa shape index (κ1) is 16.9. The number of aromatic nitrogens is 4. The van der Waals surface area contributed by atoms with E-state index in [2.05, 4.69) is 43.4 Å². The highest BCUT2D eigenvalue weighted by atomic mass is 32.1. The van der Waals surface area contributed by atoms with Gasteiger partial charge in [-0.15, -0.1) is 16.4 Å². The van der Waals surface area contributed by atoms with Crippen molar-refractivity contribution in [2.45, 2.75) is 6.54 Å². The normalized spacial score (nSPS) is 10.5. The van der Waals surface area contributed by atoms with E-state index in [9.17, 15) is 4.79 Å².